The number of hydrazine groups is 1. The third-order valence-electron chi connectivity index (χ3n) is 2.82. The van der Waals surface area contributed by atoms with E-state index in [-0.39, 0.29) is 4.47 Å². The van der Waals surface area contributed by atoms with E-state index in [4.69, 9.17) is 5.84 Å². The first-order valence-corrected chi connectivity index (χ1v) is 6.30. The molecule has 0 bridgehead atoms. The van der Waals surface area contributed by atoms with E-state index >= 15 is 0 Å². The molecule has 0 aliphatic heterocycles. The molecule has 7 heteroatoms. The summed E-state index contributed by atoms with van der Waals surface area (Å²) < 4.78 is 55.3. The Morgan fingerprint density at radius 1 is 0.900 bits per heavy atom. The lowest BCUT2D eigenvalue weighted by Crippen LogP contribution is -2.32. The first kappa shape index (κ1) is 15.0. The predicted octanol–water partition coefficient (Wildman–Crippen LogP) is 3.56. The number of nitrogens with two attached hydrogens (primary N) is 1. The van der Waals surface area contributed by atoms with Gasteiger partial charge in [0, 0.05) is 11.1 Å². The van der Waals surface area contributed by atoms with E-state index in [2.05, 4.69) is 15.9 Å². The van der Waals surface area contributed by atoms with Gasteiger partial charge in [-0.1, -0.05) is 6.07 Å². The molecule has 0 saturated carbocycles. The minimum absolute atomic E-state index is 0.0362. The molecule has 0 radical (unpaired) electrons. The van der Waals surface area contributed by atoms with E-state index in [1.54, 1.807) is 0 Å². The Bertz CT molecular complexity index is 628. The fourth-order valence-electron chi connectivity index (χ4n) is 1.90. The average Bonchev–Trinajstić information content (AvgIpc) is 2.41. The summed E-state index contributed by atoms with van der Waals surface area (Å²) in [5.41, 5.74) is 0.930. The van der Waals surface area contributed by atoms with Gasteiger partial charge < -0.3 is 0 Å². The second-order valence-corrected chi connectivity index (χ2v) is 4.85. The molecule has 0 heterocycles. The number of benzene rings is 2. The Balaban J connectivity index is 2.68. The number of hydrogen-bond donors (Lipinski definition) is 2. The highest BCUT2D eigenvalue weighted by Crippen LogP contribution is 2.32. The van der Waals surface area contributed by atoms with Crippen molar-refractivity contribution in [3.05, 3.63) is 69.2 Å². The molecule has 2 rings (SSSR count). The zero-order valence-corrected chi connectivity index (χ0v) is 11.5. The van der Waals surface area contributed by atoms with Gasteiger partial charge in [-0.2, -0.15) is 0 Å². The first-order valence-electron chi connectivity index (χ1n) is 5.50. The molecule has 2 aromatic carbocycles. The van der Waals surface area contributed by atoms with Crippen molar-refractivity contribution in [3.63, 3.8) is 0 Å². The molecular formula is C13H9BrF4N2. The van der Waals surface area contributed by atoms with Gasteiger partial charge >= 0.3 is 0 Å². The highest BCUT2D eigenvalue weighted by Gasteiger charge is 2.27. The van der Waals surface area contributed by atoms with Crippen molar-refractivity contribution in [1.29, 1.82) is 0 Å². The number of halogens is 5. The molecule has 0 saturated heterocycles. The van der Waals surface area contributed by atoms with Crippen molar-refractivity contribution in [2.75, 3.05) is 0 Å². The van der Waals surface area contributed by atoms with Crippen LogP contribution in [0, 0.1) is 23.3 Å². The Labute approximate surface area is 120 Å². The molecule has 1 atom stereocenters. The summed E-state index contributed by atoms with van der Waals surface area (Å²) in [6, 6.07) is 3.75. The van der Waals surface area contributed by atoms with Crippen molar-refractivity contribution in [3.8, 4) is 0 Å². The third kappa shape index (κ3) is 2.56. The first-order chi connectivity index (χ1) is 9.47. The number of rotatable bonds is 3. The van der Waals surface area contributed by atoms with E-state index in [0.717, 1.165) is 30.3 Å². The summed E-state index contributed by atoms with van der Waals surface area (Å²) >= 11 is 2.89. The zero-order chi connectivity index (χ0) is 14.9. The summed E-state index contributed by atoms with van der Waals surface area (Å²) in [6.07, 6.45) is 0. The maximum Gasteiger partial charge on any atom is 0.145 e. The lowest BCUT2D eigenvalue weighted by Gasteiger charge is -2.20. The van der Waals surface area contributed by atoms with Gasteiger partial charge in [0.05, 0.1) is 10.5 Å². The predicted molar refractivity (Wildman–Crippen MR) is 69.6 cm³/mol. The van der Waals surface area contributed by atoms with E-state index in [9.17, 15) is 17.6 Å². The van der Waals surface area contributed by atoms with Crippen LogP contribution in [0.4, 0.5) is 17.6 Å². The SMILES string of the molecule is NNC(c1c(F)cccc1F)c1c(F)ccc(Br)c1F. The summed E-state index contributed by atoms with van der Waals surface area (Å²) in [7, 11) is 0. The molecule has 0 amide bonds. The van der Waals surface area contributed by atoms with Crippen LogP contribution in [0.3, 0.4) is 0 Å². The van der Waals surface area contributed by atoms with Crippen molar-refractivity contribution in [2.24, 2.45) is 5.84 Å². The van der Waals surface area contributed by atoms with Gasteiger partial charge in [0.25, 0.3) is 0 Å². The van der Waals surface area contributed by atoms with Crippen LogP contribution in [0.25, 0.3) is 0 Å². The lowest BCUT2D eigenvalue weighted by atomic mass is 9.97. The highest BCUT2D eigenvalue weighted by atomic mass is 79.9. The second kappa shape index (κ2) is 5.90. The molecule has 0 aromatic heterocycles. The van der Waals surface area contributed by atoms with Crippen LogP contribution >= 0.6 is 15.9 Å². The molecule has 2 aromatic rings. The number of nitrogens with one attached hydrogen (secondary N) is 1. The Morgan fingerprint density at radius 2 is 1.45 bits per heavy atom. The van der Waals surface area contributed by atoms with Gasteiger partial charge in [0.1, 0.15) is 23.3 Å². The van der Waals surface area contributed by atoms with Crippen molar-refractivity contribution in [2.45, 2.75) is 6.04 Å². The maximum atomic E-state index is 14.0. The van der Waals surface area contributed by atoms with Crippen LogP contribution in [-0.2, 0) is 0 Å². The van der Waals surface area contributed by atoms with Gasteiger partial charge in [0.15, 0.2) is 0 Å². The Morgan fingerprint density at radius 3 is 2.00 bits per heavy atom. The molecule has 106 valence electrons. The molecule has 0 spiro atoms. The van der Waals surface area contributed by atoms with Gasteiger partial charge in [-0.3, -0.25) is 5.84 Å². The fourth-order valence-corrected chi connectivity index (χ4v) is 2.25. The van der Waals surface area contributed by atoms with Gasteiger partial charge in [0.2, 0.25) is 0 Å². The zero-order valence-electron chi connectivity index (χ0n) is 9.93. The molecule has 1 unspecified atom stereocenters. The largest absolute Gasteiger partial charge is 0.271 e. The topological polar surface area (TPSA) is 38.0 Å². The minimum atomic E-state index is -1.49. The molecule has 20 heavy (non-hydrogen) atoms. The molecule has 0 fully saturated rings. The van der Waals surface area contributed by atoms with Crippen molar-refractivity contribution >= 4 is 15.9 Å². The van der Waals surface area contributed by atoms with Crippen LogP contribution in [0.15, 0.2) is 34.8 Å². The Hall–Kier alpha value is -1.44. The normalized spacial score (nSPS) is 12.5. The van der Waals surface area contributed by atoms with Crippen LogP contribution in [0.5, 0.6) is 0 Å². The smallest absolute Gasteiger partial charge is 0.145 e. The lowest BCUT2D eigenvalue weighted by molar-refractivity contribution is 0.471. The van der Waals surface area contributed by atoms with Crippen LogP contribution in [-0.4, -0.2) is 0 Å². The molecule has 0 aliphatic rings. The van der Waals surface area contributed by atoms with Crippen molar-refractivity contribution < 1.29 is 17.6 Å². The van der Waals surface area contributed by atoms with Gasteiger partial charge in [-0.25, -0.2) is 23.0 Å². The van der Waals surface area contributed by atoms with E-state index < -0.39 is 40.4 Å². The summed E-state index contributed by atoms with van der Waals surface area (Å²) in [6.45, 7) is 0. The standard InChI is InChI=1S/C13H9BrF4N2/c14-6-4-5-9(17)11(12(6)18)13(20-19)10-7(15)2-1-3-8(10)16/h1-5,13,20H,19H2. The summed E-state index contributed by atoms with van der Waals surface area (Å²) in [5, 5.41) is 0. The molecule has 3 N–H and O–H groups in total. The Kier molecular flexibility index (Phi) is 4.42. The summed E-state index contributed by atoms with van der Waals surface area (Å²) in [4.78, 5) is 0. The third-order valence-corrected chi connectivity index (χ3v) is 3.44. The van der Waals surface area contributed by atoms with Crippen LogP contribution < -0.4 is 11.3 Å². The fraction of sp³-hybridized carbons (Fsp3) is 0.0769. The van der Waals surface area contributed by atoms with Gasteiger partial charge in [-0.15, -0.1) is 0 Å². The monoisotopic (exact) mass is 348 g/mol. The van der Waals surface area contributed by atoms with E-state index in [1.165, 1.54) is 0 Å². The highest BCUT2D eigenvalue weighted by molar-refractivity contribution is 9.10. The van der Waals surface area contributed by atoms with Crippen LogP contribution in [0.2, 0.25) is 0 Å². The van der Waals surface area contributed by atoms with E-state index in [1.807, 2.05) is 5.43 Å². The molecular weight excluding hydrogens is 340 g/mol. The van der Waals surface area contributed by atoms with E-state index in [0.29, 0.717) is 0 Å². The molecule has 0 aliphatic carbocycles. The van der Waals surface area contributed by atoms with Crippen molar-refractivity contribution in [1.82, 2.24) is 5.43 Å². The second-order valence-electron chi connectivity index (χ2n) is 3.99. The molecule has 2 nitrogen and oxygen atoms in total. The average molecular weight is 349 g/mol. The van der Waals surface area contributed by atoms with Gasteiger partial charge in [-0.05, 0) is 40.2 Å². The maximum absolute atomic E-state index is 14.0. The summed E-state index contributed by atoms with van der Waals surface area (Å²) in [5.74, 6) is 1.39. The number of hydrogen-bond acceptors (Lipinski definition) is 2. The van der Waals surface area contributed by atoms with Crippen LogP contribution in [0.1, 0.15) is 17.2 Å². The quantitative estimate of drug-likeness (QED) is 0.385. The minimum Gasteiger partial charge on any atom is -0.271 e.